The molecule has 0 amide bonds. The molecule has 0 saturated carbocycles. The molecule has 86 valence electrons. The zero-order valence-corrected chi connectivity index (χ0v) is 11.1. The van der Waals surface area contributed by atoms with E-state index in [0.717, 1.165) is 23.2 Å². The Bertz CT molecular complexity index is 408. The molecule has 0 aliphatic carbocycles. The van der Waals surface area contributed by atoms with E-state index >= 15 is 0 Å². The van der Waals surface area contributed by atoms with Gasteiger partial charge in [-0.2, -0.15) is 0 Å². The molecule has 2 nitrogen and oxygen atoms in total. The molecular weight excluding hydrogens is 289 g/mol. The summed E-state index contributed by atoms with van der Waals surface area (Å²) in [6.45, 7) is 5.04. The summed E-state index contributed by atoms with van der Waals surface area (Å²) in [6.07, 6.45) is 1.14. The number of hydrogen-bond donors (Lipinski definition) is 1. The van der Waals surface area contributed by atoms with Crippen molar-refractivity contribution in [3.05, 3.63) is 39.8 Å². The molecule has 0 radical (unpaired) electrons. The normalized spacial score (nSPS) is 18.0. The van der Waals surface area contributed by atoms with Gasteiger partial charge in [0, 0.05) is 29.0 Å². The summed E-state index contributed by atoms with van der Waals surface area (Å²) in [4.78, 5) is 0. The SMILES string of the molecule is C=C(Cl)CNCC1Cc2cc(Br)ccc2O1. The predicted octanol–water partition coefficient (Wildman–Crippen LogP) is 3.09. The zero-order valence-electron chi connectivity index (χ0n) is 8.80. The summed E-state index contributed by atoms with van der Waals surface area (Å²) in [7, 11) is 0. The molecule has 4 heteroatoms. The van der Waals surface area contributed by atoms with Gasteiger partial charge in [0.2, 0.25) is 0 Å². The summed E-state index contributed by atoms with van der Waals surface area (Å²) in [5, 5.41) is 3.83. The van der Waals surface area contributed by atoms with Crippen molar-refractivity contribution >= 4 is 27.5 Å². The lowest BCUT2D eigenvalue weighted by Crippen LogP contribution is -2.30. The summed E-state index contributed by atoms with van der Waals surface area (Å²) >= 11 is 9.13. The Morgan fingerprint density at radius 1 is 1.62 bits per heavy atom. The fraction of sp³-hybridized carbons (Fsp3) is 0.333. The first kappa shape index (κ1) is 12.0. The van der Waals surface area contributed by atoms with Crippen LogP contribution >= 0.6 is 27.5 Å². The van der Waals surface area contributed by atoms with E-state index in [0.29, 0.717) is 11.6 Å². The minimum Gasteiger partial charge on any atom is -0.488 e. The van der Waals surface area contributed by atoms with Gasteiger partial charge in [-0.05, 0) is 23.8 Å². The average molecular weight is 303 g/mol. The van der Waals surface area contributed by atoms with Gasteiger partial charge in [0.05, 0.1) is 0 Å². The van der Waals surface area contributed by atoms with Gasteiger partial charge in [-0.3, -0.25) is 0 Å². The molecule has 1 unspecified atom stereocenters. The molecule has 1 aliphatic heterocycles. The second-order valence-corrected chi connectivity index (χ2v) is 5.29. The summed E-state index contributed by atoms with van der Waals surface area (Å²) < 4.78 is 6.88. The van der Waals surface area contributed by atoms with Crippen molar-refractivity contribution in [2.75, 3.05) is 13.1 Å². The summed E-state index contributed by atoms with van der Waals surface area (Å²) in [5.74, 6) is 0.986. The van der Waals surface area contributed by atoms with Crippen molar-refractivity contribution in [2.45, 2.75) is 12.5 Å². The molecule has 0 saturated heterocycles. The van der Waals surface area contributed by atoms with Crippen LogP contribution in [0.15, 0.2) is 34.3 Å². The molecule has 1 heterocycles. The highest BCUT2D eigenvalue weighted by molar-refractivity contribution is 9.10. The fourth-order valence-electron chi connectivity index (χ4n) is 1.77. The Balaban J connectivity index is 1.88. The van der Waals surface area contributed by atoms with Crippen molar-refractivity contribution in [2.24, 2.45) is 0 Å². The van der Waals surface area contributed by atoms with Gasteiger partial charge in [-0.1, -0.05) is 34.1 Å². The Kier molecular flexibility index (Phi) is 3.90. The highest BCUT2D eigenvalue weighted by atomic mass is 79.9. The second kappa shape index (κ2) is 5.21. The van der Waals surface area contributed by atoms with E-state index < -0.39 is 0 Å². The van der Waals surface area contributed by atoms with E-state index in [4.69, 9.17) is 16.3 Å². The minimum atomic E-state index is 0.195. The Morgan fingerprint density at radius 3 is 3.19 bits per heavy atom. The van der Waals surface area contributed by atoms with E-state index in [1.165, 1.54) is 5.56 Å². The van der Waals surface area contributed by atoms with Crippen molar-refractivity contribution in [1.82, 2.24) is 5.32 Å². The van der Waals surface area contributed by atoms with Crippen LogP contribution < -0.4 is 10.1 Å². The highest BCUT2D eigenvalue weighted by Crippen LogP contribution is 2.30. The third kappa shape index (κ3) is 3.00. The number of halogens is 2. The quantitative estimate of drug-likeness (QED) is 0.923. The van der Waals surface area contributed by atoms with Crippen molar-refractivity contribution in [1.29, 1.82) is 0 Å². The molecule has 0 aromatic heterocycles. The van der Waals surface area contributed by atoms with E-state index in [2.05, 4.69) is 33.9 Å². The molecule has 1 aromatic carbocycles. The van der Waals surface area contributed by atoms with Gasteiger partial charge in [0.1, 0.15) is 11.9 Å². The van der Waals surface area contributed by atoms with E-state index in [-0.39, 0.29) is 6.10 Å². The monoisotopic (exact) mass is 301 g/mol. The molecule has 0 fully saturated rings. The first-order valence-electron chi connectivity index (χ1n) is 5.14. The number of hydrogen-bond acceptors (Lipinski definition) is 2. The maximum atomic E-state index is 5.79. The van der Waals surface area contributed by atoms with E-state index in [1.54, 1.807) is 0 Å². The van der Waals surface area contributed by atoms with Crippen LogP contribution in [-0.4, -0.2) is 19.2 Å². The molecule has 1 aromatic rings. The lowest BCUT2D eigenvalue weighted by molar-refractivity contribution is 0.229. The maximum absolute atomic E-state index is 5.79. The topological polar surface area (TPSA) is 21.3 Å². The van der Waals surface area contributed by atoms with Crippen molar-refractivity contribution in [3.63, 3.8) is 0 Å². The number of nitrogens with one attached hydrogen (secondary N) is 1. The zero-order chi connectivity index (χ0) is 11.5. The molecule has 0 bridgehead atoms. The first-order chi connectivity index (χ1) is 7.65. The smallest absolute Gasteiger partial charge is 0.123 e. The molecule has 1 atom stereocenters. The van der Waals surface area contributed by atoms with Gasteiger partial charge < -0.3 is 10.1 Å². The fourth-order valence-corrected chi connectivity index (χ4v) is 2.27. The Morgan fingerprint density at radius 2 is 2.44 bits per heavy atom. The lowest BCUT2D eigenvalue weighted by Gasteiger charge is -2.11. The molecule has 1 aliphatic rings. The van der Waals surface area contributed by atoms with Gasteiger partial charge >= 0.3 is 0 Å². The summed E-state index contributed by atoms with van der Waals surface area (Å²) in [5.41, 5.74) is 1.26. The minimum absolute atomic E-state index is 0.195. The van der Waals surface area contributed by atoms with Crippen LogP contribution in [0.1, 0.15) is 5.56 Å². The molecular formula is C12H13BrClNO. The van der Waals surface area contributed by atoms with Crippen LogP contribution in [-0.2, 0) is 6.42 Å². The lowest BCUT2D eigenvalue weighted by atomic mass is 10.1. The standard InChI is InChI=1S/C12H13BrClNO/c1-8(14)6-15-7-11-5-9-4-10(13)2-3-12(9)16-11/h2-4,11,15H,1,5-7H2. The Hall–Kier alpha value is -0.510. The number of fused-ring (bicyclic) bond motifs is 1. The first-order valence-corrected chi connectivity index (χ1v) is 6.31. The van der Waals surface area contributed by atoms with Crippen molar-refractivity contribution in [3.8, 4) is 5.75 Å². The maximum Gasteiger partial charge on any atom is 0.123 e. The van der Waals surface area contributed by atoms with Crippen molar-refractivity contribution < 1.29 is 4.74 Å². The number of ether oxygens (including phenoxy) is 1. The number of benzene rings is 1. The number of rotatable bonds is 4. The summed E-state index contributed by atoms with van der Waals surface area (Å²) in [6, 6.07) is 6.10. The van der Waals surface area contributed by atoms with Gasteiger partial charge in [-0.25, -0.2) is 0 Å². The van der Waals surface area contributed by atoms with Crippen LogP contribution in [0.2, 0.25) is 0 Å². The Labute approximate surface area is 109 Å². The third-order valence-corrected chi connectivity index (χ3v) is 3.08. The van der Waals surface area contributed by atoms with E-state index in [1.807, 2.05) is 12.1 Å². The second-order valence-electron chi connectivity index (χ2n) is 3.84. The van der Waals surface area contributed by atoms with Crippen LogP contribution in [0.25, 0.3) is 0 Å². The predicted molar refractivity (Wildman–Crippen MR) is 70.1 cm³/mol. The third-order valence-electron chi connectivity index (χ3n) is 2.45. The van der Waals surface area contributed by atoms with Crippen LogP contribution in [0.3, 0.4) is 0 Å². The molecule has 16 heavy (non-hydrogen) atoms. The average Bonchev–Trinajstić information content (AvgIpc) is 2.58. The van der Waals surface area contributed by atoms with E-state index in [9.17, 15) is 0 Å². The van der Waals surface area contributed by atoms with Gasteiger partial charge in [0.15, 0.2) is 0 Å². The van der Waals surface area contributed by atoms with Gasteiger partial charge in [-0.15, -0.1) is 0 Å². The largest absolute Gasteiger partial charge is 0.488 e. The highest BCUT2D eigenvalue weighted by Gasteiger charge is 2.22. The van der Waals surface area contributed by atoms with Crippen LogP contribution in [0.5, 0.6) is 5.75 Å². The molecule has 1 N–H and O–H groups in total. The van der Waals surface area contributed by atoms with Crippen LogP contribution in [0, 0.1) is 0 Å². The van der Waals surface area contributed by atoms with Gasteiger partial charge in [0.25, 0.3) is 0 Å². The van der Waals surface area contributed by atoms with Crippen LogP contribution in [0.4, 0.5) is 0 Å². The molecule has 0 spiro atoms. The molecule has 2 rings (SSSR count).